The number of hydrogen-bond donors (Lipinski definition) is 1. The highest BCUT2D eigenvalue weighted by Gasteiger charge is 2.08. The molecule has 0 fully saturated rings. The molecule has 0 saturated carbocycles. The first kappa shape index (κ1) is 15.4. The first-order valence-electron chi connectivity index (χ1n) is 7.13. The summed E-state index contributed by atoms with van der Waals surface area (Å²) in [5.74, 6) is 0.408. The number of hydrogen-bond acceptors (Lipinski definition) is 4. The first-order chi connectivity index (χ1) is 11.7. The highest BCUT2D eigenvalue weighted by atomic mass is 19.1. The van der Waals surface area contributed by atoms with E-state index in [1.54, 1.807) is 30.3 Å². The van der Waals surface area contributed by atoms with Crippen molar-refractivity contribution < 1.29 is 9.13 Å². The number of rotatable bonds is 4. The van der Waals surface area contributed by atoms with Crippen molar-refractivity contribution in [3.05, 3.63) is 82.0 Å². The second-order valence-electron chi connectivity index (χ2n) is 5.02. The number of nitrogens with one attached hydrogen (secondary N) is 1. The Morgan fingerprint density at radius 3 is 2.83 bits per heavy atom. The molecule has 0 spiro atoms. The molecule has 3 aromatic rings. The van der Waals surface area contributed by atoms with Gasteiger partial charge in [0.05, 0.1) is 5.56 Å². The Kier molecular flexibility index (Phi) is 4.34. The van der Waals surface area contributed by atoms with Crippen LogP contribution >= 0.6 is 0 Å². The zero-order valence-electron chi connectivity index (χ0n) is 12.5. The van der Waals surface area contributed by atoms with E-state index < -0.39 is 0 Å². The van der Waals surface area contributed by atoms with E-state index in [-0.39, 0.29) is 18.0 Å². The van der Waals surface area contributed by atoms with E-state index >= 15 is 0 Å². The molecule has 1 heterocycles. The van der Waals surface area contributed by atoms with Crippen LogP contribution in [0.15, 0.2) is 59.5 Å². The van der Waals surface area contributed by atoms with Crippen LogP contribution in [0.1, 0.15) is 11.1 Å². The van der Waals surface area contributed by atoms with Gasteiger partial charge in [-0.05, 0) is 35.9 Å². The lowest BCUT2D eigenvalue weighted by Crippen LogP contribution is -2.06. The van der Waals surface area contributed by atoms with E-state index in [0.29, 0.717) is 28.3 Å². The number of aromatic amines is 1. The predicted molar refractivity (Wildman–Crippen MR) is 85.7 cm³/mol. The van der Waals surface area contributed by atoms with Gasteiger partial charge in [0, 0.05) is 17.8 Å². The normalized spacial score (nSPS) is 10.2. The molecule has 118 valence electrons. The van der Waals surface area contributed by atoms with E-state index in [9.17, 15) is 14.4 Å². The fraction of sp³-hybridized carbons (Fsp3) is 0.0556. The van der Waals surface area contributed by atoms with Crippen molar-refractivity contribution in [2.45, 2.75) is 6.61 Å². The number of benzene rings is 2. The average molecular weight is 321 g/mol. The van der Waals surface area contributed by atoms with Crippen LogP contribution in [0.2, 0.25) is 0 Å². The topological polar surface area (TPSA) is 78.8 Å². The van der Waals surface area contributed by atoms with Crippen LogP contribution < -0.4 is 10.3 Å². The van der Waals surface area contributed by atoms with E-state index in [1.165, 1.54) is 24.4 Å². The maximum absolute atomic E-state index is 13.2. The van der Waals surface area contributed by atoms with Gasteiger partial charge in [0.25, 0.3) is 5.56 Å². The quantitative estimate of drug-likeness (QED) is 0.801. The standard InChI is InChI=1S/C18H12FN3O2/c19-15-3-1-2-12(8-15)11-24-16-5-4-13(9-14(16)10-20)18-21-7-6-17(23)22-18/h1-9H,11H2,(H,21,22,23). The molecule has 0 aliphatic carbocycles. The molecule has 0 atom stereocenters. The number of H-pyrrole nitrogens is 1. The van der Waals surface area contributed by atoms with Crippen molar-refractivity contribution in [2.75, 3.05) is 0 Å². The van der Waals surface area contributed by atoms with Crippen molar-refractivity contribution in [2.24, 2.45) is 0 Å². The Hall–Kier alpha value is -3.46. The zero-order valence-corrected chi connectivity index (χ0v) is 12.5. The monoisotopic (exact) mass is 321 g/mol. The fourth-order valence-electron chi connectivity index (χ4n) is 2.20. The molecule has 24 heavy (non-hydrogen) atoms. The van der Waals surface area contributed by atoms with Crippen LogP contribution in [0, 0.1) is 17.1 Å². The van der Waals surface area contributed by atoms with Crippen molar-refractivity contribution in [1.82, 2.24) is 9.97 Å². The van der Waals surface area contributed by atoms with Gasteiger partial charge in [-0.1, -0.05) is 12.1 Å². The molecule has 0 unspecified atom stereocenters. The lowest BCUT2D eigenvalue weighted by atomic mass is 10.1. The van der Waals surface area contributed by atoms with E-state index in [2.05, 4.69) is 9.97 Å². The van der Waals surface area contributed by atoms with Crippen LogP contribution in [0.4, 0.5) is 4.39 Å². The lowest BCUT2D eigenvalue weighted by Gasteiger charge is -2.09. The van der Waals surface area contributed by atoms with Gasteiger partial charge in [-0.25, -0.2) is 9.37 Å². The molecule has 0 aliphatic rings. The zero-order chi connectivity index (χ0) is 16.9. The van der Waals surface area contributed by atoms with Crippen LogP contribution in [0.5, 0.6) is 5.75 Å². The van der Waals surface area contributed by atoms with Gasteiger partial charge in [-0.3, -0.25) is 4.79 Å². The van der Waals surface area contributed by atoms with E-state index in [4.69, 9.17) is 4.74 Å². The van der Waals surface area contributed by atoms with Gasteiger partial charge >= 0.3 is 0 Å². The molecular weight excluding hydrogens is 309 g/mol. The van der Waals surface area contributed by atoms with Gasteiger partial charge < -0.3 is 9.72 Å². The first-order valence-corrected chi connectivity index (χ1v) is 7.13. The molecule has 3 rings (SSSR count). The SMILES string of the molecule is N#Cc1cc(-c2nccc(=O)[nH]2)ccc1OCc1cccc(F)c1. The summed E-state index contributed by atoms with van der Waals surface area (Å²) in [5, 5.41) is 9.30. The molecule has 0 bridgehead atoms. The van der Waals surface area contributed by atoms with Crippen LogP contribution in [0.25, 0.3) is 11.4 Å². The Morgan fingerprint density at radius 2 is 2.08 bits per heavy atom. The molecule has 1 N–H and O–H groups in total. The molecule has 0 aliphatic heterocycles. The Bertz CT molecular complexity index is 976. The van der Waals surface area contributed by atoms with Gasteiger partial charge in [0.1, 0.15) is 30.1 Å². The smallest absolute Gasteiger partial charge is 0.251 e. The molecule has 5 nitrogen and oxygen atoms in total. The maximum atomic E-state index is 13.2. The summed E-state index contributed by atoms with van der Waals surface area (Å²) in [6.07, 6.45) is 1.40. The minimum atomic E-state index is -0.342. The van der Waals surface area contributed by atoms with Crippen LogP contribution in [0.3, 0.4) is 0 Å². The Balaban J connectivity index is 1.85. The summed E-state index contributed by atoms with van der Waals surface area (Å²) < 4.78 is 18.8. The highest BCUT2D eigenvalue weighted by Crippen LogP contribution is 2.24. The average Bonchev–Trinajstić information content (AvgIpc) is 2.60. The summed E-state index contributed by atoms with van der Waals surface area (Å²) in [4.78, 5) is 18.0. The third-order valence-corrected chi connectivity index (χ3v) is 3.33. The van der Waals surface area contributed by atoms with Crippen molar-refractivity contribution >= 4 is 0 Å². The lowest BCUT2D eigenvalue weighted by molar-refractivity contribution is 0.304. The van der Waals surface area contributed by atoms with Crippen molar-refractivity contribution in [3.63, 3.8) is 0 Å². The third-order valence-electron chi connectivity index (χ3n) is 3.33. The Morgan fingerprint density at radius 1 is 1.21 bits per heavy atom. The van der Waals surface area contributed by atoms with Gasteiger partial charge in [-0.15, -0.1) is 0 Å². The second-order valence-corrected chi connectivity index (χ2v) is 5.02. The third kappa shape index (κ3) is 3.47. The number of ether oxygens (including phenoxy) is 1. The molecule has 0 amide bonds. The number of nitriles is 1. The summed E-state index contributed by atoms with van der Waals surface area (Å²) >= 11 is 0. The van der Waals surface area contributed by atoms with Crippen LogP contribution in [-0.4, -0.2) is 9.97 Å². The van der Waals surface area contributed by atoms with E-state index in [1.807, 2.05) is 6.07 Å². The number of aromatic nitrogens is 2. The molecule has 0 radical (unpaired) electrons. The van der Waals surface area contributed by atoms with Gasteiger partial charge in [-0.2, -0.15) is 5.26 Å². The minimum absolute atomic E-state index is 0.145. The van der Waals surface area contributed by atoms with E-state index in [0.717, 1.165) is 0 Å². The number of halogens is 1. The number of nitrogens with zero attached hydrogens (tertiary/aromatic N) is 2. The van der Waals surface area contributed by atoms with Crippen LogP contribution in [-0.2, 0) is 6.61 Å². The second kappa shape index (κ2) is 6.75. The molecule has 0 saturated heterocycles. The summed E-state index contributed by atoms with van der Waals surface area (Å²) in [6.45, 7) is 0.145. The largest absolute Gasteiger partial charge is 0.488 e. The fourth-order valence-corrected chi connectivity index (χ4v) is 2.20. The highest BCUT2D eigenvalue weighted by molar-refractivity contribution is 5.61. The van der Waals surface area contributed by atoms with Crippen molar-refractivity contribution in [3.8, 4) is 23.2 Å². The summed E-state index contributed by atoms with van der Waals surface area (Å²) in [7, 11) is 0. The predicted octanol–water partition coefficient (Wildman–Crippen LogP) is 3.03. The molecule has 6 heteroatoms. The van der Waals surface area contributed by atoms with Crippen molar-refractivity contribution in [1.29, 1.82) is 5.26 Å². The maximum Gasteiger partial charge on any atom is 0.251 e. The molecular formula is C18H12FN3O2. The Labute approximate surface area is 137 Å². The summed E-state index contributed by atoms with van der Waals surface area (Å²) in [6, 6.07) is 14.3. The molecule has 1 aromatic heterocycles. The molecule has 2 aromatic carbocycles. The van der Waals surface area contributed by atoms with Gasteiger partial charge in [0.2, 0.25) is 0 Å². The van der Waals surface area contributed by atoms with Gasteiger partial charge in [0.15, 0.2) is 0 Å². The summed E-state index contributed by atoms with van der Waals surface area (Å²) in [5.41, 5.74) is 1.29. The minimum Gasteiger partial charge on any atom is -0.488 e.